The highest BCUT2D eigenvalue weighted by atomic mass is 16.6. The van der Waals surface area contributed by atoms with Crippen molar-refractivity contribution < 1.29 is 14.5 Å². The molecule has 0 radical (unpaired) electrons. The fraction of sp³-hybridized carbons (Fsp3) is 0.154. The molecule has 2 aromatic rings. The van der Waals surface area contributed by atoms with E-state index in [4.69, 9.17) is 0 Å². The van der Waals surface area contributed by atoms with Crippen molar-refractivity contribution in [1.82, 2.24) is 14.7 Å². The molecular formula is C13H12N4O4. The molecule has 0 N–H and O–H groups in total. The van der Waals surface area contributed by atoms with E-state index in [9.17, 15) is 19.7 Å². The summed E-state index contributed by atoms with van der Waals surface area (Å²) < 4.78 is 1.24. The first kappa shape index (κ1) is 14.4. The van der Waals surface area contributed by atoms with Crippen LogP contribution in [0.15, 0.2) is 30.5 Å². The van der Waals surface area contributed by atoms with E-state index < -0.39 is 4.92 Å². The minimum Gasteiger partial charge on any atom is -0.343 e. The Morgan fingerprint density at radius 2 is 2.10 bits per heavy atom. The highest BCUT2D eigenvalue weighted by molar-refractivity contribution is 5.91. The van der Waals surface area contributed by atoms with E-state index >= 15 is 0 Å². The maximum absolute atomic E-state index is 11.8. The van der Waals surface area contributed by atoms with Gasteiger partial charge in [-0.05, 0) is 18.2 Å². The molecule has 0 aliphatic rings. The predicted octanol–water partition coefficient (Wildman–Crippen LogP) is 1.29. The third-order valence-corrected chi connectivity index (χ3v) is 2.79. The fourth-order valence-corrected chi connectivity index (χ4v) is 1.75. The van der Waals surface area contributed by atoms with E-state index in [1.54, 1.807) is 14.1 Å². The zero-order valence-corrected chi connectivity index (χ0v) is 11.4. The van der Waals surface area contributed by atoms with Crippen molar-refractivity contribution >= 4 is 17.9 Å². The van der Waals surface area contributed by atoms with Gasteiger partial charge in [-0.15, -0.1) is 0 Å². The summed E-state index contributed by atoms with van der Waals surface area (Å²) >= 11 is 0. The fourth-order valence-electron chi connectivity index (χ4n) is 1.75. The van der Waals surface area contributed by atoms with Crippen LogP contribution < -0.4 is 0 Å². The monoisotopic (exact) mass is 288 g/mol. The lowest BCUT2D eigenvalue weighted by molar-refractivity contribution is -0.384. The Morgan fingerprint density at radius 3 is 2.67 bits per heavy atom. The van der Waals surface area contributed by atoms with E-state index in [-0.39, 0.29) is 28.5 Å². The van der Waals surface area contributed by atoms with Gasteiger partial charge in [0.05, 0.1) is 4.92 Å². The second-order valence-electron chi connectivity index (χ2n) is 4.47. The van der Waals surface area contributed by atoms with Gasteiger partial charge in [-0.25, -0.2) is 4.68 Å². The van der Waals surface area contributed by atoms with Gasteiger partial charge >= 0.3 is 0 Å². The van der Waals surface area contributed by atoms with Crippen molar-refractivity contribution in [1.29, 1.82) is 0 Å². The van der Waals surface area contributed by atoms with Gasteiger partial charge in [-0.3, -0.25) is 19.7 Å². The number of aromatic nitrogens is 2. The number of benzene rings is 1. The lowest BCUT2D eigenvalue weighted by Crippen LogP contribution is -2.22. The van der Waals surface area contributed by atoms with Gasteiger partial charge in [0.15, 0.2) is 5.69 Å². The number of hydrogen-bond donors (Lipinski definition) is 0. The van der Waals surface area contributed by atoms with Gasteiger partial charge in [0.1, 0.15) is 12.0 Å². The Hall–Kier alpha value is -3.03. The molecule has 1 aromatic heterocycles. The van der Waals surface area contributed by atoms with Crippen LogP contribution in [0.1, 0.15) is 20.8 Å². The number of nitrogens with zero attached hydrogens (tertiary/aromatic N) is 4. The molecule has 0 saturated heterocycles. The normalized spacial score (nSPS) is 10.2. The molecule has 0 aliphatic carbocycles. The van der Waals surface area contributed by atoms with Crippen LogP contribution in [0.5, 0.6) is 0 Å². The van der Waals surface area contributed by atoms with E-state index in [0.29, 0.717) is 6.29 Å². The Kier molecular flexibility index (Phi) is 3.79. The average molecular weight is 288 g/mol. The summed E-state index contributed by atoms with van der Waals surface area (Å²) in [6.07, 6.45) is 1.99. The molecule has 2 rings (SSSR count). The summed E-state index contributed by atoms with van der Waals surface area (Å²) in [6, 6.07) is 5.50. The lowest BCUT2D eigenvalue weighted by atomic mass is 10.2. The maximum atomic E-state index is 11.8. The molecule has 0 bridgehead atoms. The number of hydrogen-bond acceptors (Lipinski definition) is 5. The molecule has 8 heteroatoms. The Bertz CT molecular complexity index is 721. The van der Waals surface area contributed by atoms with Gasteiger partial charge in [-0.2, -0.15) is 5.10 Å². The molecule has 1 aromatic carbocycles. The summed E-state index contributed by atoms with van der Waals surface area (Å²) in [5.74, 6) is -0.305. The second-order valence-corrected chi connectivity index (χ2v) is 4.47. The SMILES string of the molecule is CN(C)C(=O)c1ccn(-c2ccc(C=O)cc2[N+](=O)[O-])n1. The molecular weight excluding hydrogens is 276 g/mol. The molecule has 1 heterocycles. The van der Waals surface area contributed by atoms with E-state index in [2.05, 4.69) is 5.10 Å². The van der Waals surface area contributed by atoms with Crippen molar-refractivity contribution in [2.75, 3.05) is 14.1 Å². The van der Waals surface area contributed by atoms with Crippen LogP contribution in [-0.2, 0) is 0 Å². The molecule has 0 unspecified atom stereocenters. The minimum absolute atomic E-state index is 0.175. The van der Waals surface area contributed by atoms with Crippen molar-refractivity contribution in [3.63, 3.8) is 0 Å². The van der Waals surface area contributed by atoms with Crippen molar-refractivity contribution in [3.8, 4) is 5.69 Å². The number of rotatable bonds is 4. The van der Waals surface area contributed by atoms with Gasteiger partial charge in [-0.1, -0.05) is 0 Å². The number of carbonyl (C=O) groups is 2. The Balaban J connectivity index is 2.49. The lowest BCUT2D eigenvalue weighted by Gasteiger charge is -2.07. The van der Waals surface area contributed by atoms with Gasteiger partial charge < -0.3 is 4.90 Å². The first-order chi connectivity index (χ1) is 9.93. The molecule has 1 amide bonds. The summed E-state index contributed by atoms with van der Waals surface area (Å²) in [5.41, 5.74) is 0.297. The minimum atomic E-state index is -0.600. The standard InChI is InChI=1S/C13H12N4O4/c1-15(2)13(19)10-5-6-16(14-10)11-4-3-9(8-18)7-12(11)17(20)21/h3-8H,1-2H3. The van der Waals surface area contributed by atoms with E-state index in [1.807, 2.05) is 0 Å². The van der Waals surface area contributed by atoms with Crippen LogP contribution in [0.25, 0.3) is 5.69 Å². The Morgan fingerprint density at radius 1 is 1.38 bits per heavy atom. The third-order valence-electron chi connectivity index (χ3n) is 2.79. The molecule has 21 heavy (non-hydrogen) atoms. The quantitative estimate of drug-likeness (QED) is 0.479. The van der Waals surface area contributed by atoms with Crippen LogP contribution in [0.2, 0.25) is 0 Å². The van der Waals surface area contributed by atoms with Gasteiger partial charge in [0.2, 0.25) is 0 Å². The molecule has 108 valence electrons. The maximum Gasteiger partial charge on any atom is 0.295 e. The number of aldehydes is 1. The molecule has 0 atom stereocenters. The van der Waals surface area contributed by atoms with Crippen LogP contribution in [0.3, 0.4) is 0 Å². The number of nitro groups is 1. The predicted molar refractivity (Wildman–Crippen MR) is 73.6 cm³/mol. The van der Waals surface area contributed by atoms with Crippen LogP contribution in [-0.4, -0.2) is 45.9 Å². The van der Waals surface area contributed by atoms with Crippen molar-refractivity contribution in [2.45, 2.75) is 0 Å². The smallest absolute Gasteiger partial charge is 0.295 e. The molecule has 0 saturated carbocycles. The van der Waals surface area contributed by atoms with Crippen molar-refractivity contribution in [3.05, 3.63) is 51.8 Å². The summed E-state index contributed by atoms with van der Waals surface area (Å²) in [7, 11) is 3.17. The molecule has 0 aliphatic heterocycles. The van der Waals surface area contributed by atoms with E-state index in [0.717, 1.165) is 6.07 Å². The second kappa shape index (κ2) is 5.53. The highest BCUT2D eigenvalue weighted by Gasteiger charge is 2.19. The first-order valence-electron chi connectivity index (χ1n) is 5.95. The zero-order chi connectivity index (χ0) is 15.6. The zero-order valence-electron chi connectivity index (χ0n) is 11.4. The third kappa shape index (κ3) is 2.78. The summed E-state index contributed by atoms with van der Waals surface area (Å²) in [5, 5.41) is 15.1. The summed E-state index contributed by atoms with van der Waals surface area (Å²) in [4.78, 5) is 34.3. The largest absolute Gasteiger partial charge is 0.343 e. The average Bonchev–Trinajstić information content (AvgIpc) is 2.95. The molecule has 8 nitrogen and oxygen atoms in total. The van der Waals surface area contributed by atoms with Gasteiger partial charge in [0.25, 0.3) is 11.6 Å². The highest BCUT2D eigenvalue weighted by Crippen LogP contribution is 2.23. The topological polar surface area (TPSA) is 98.3 Å². The number of nitro benzene ring substituents is 1. The Labute approximate surface area is 119 Å². The number of carbonyl (C=O) groups excluding carboxylic acids is 2. The van der Waals surface area contributed by atoms with Crippen LogP contribution in [0.4, 0.5) is 5.69 Å². The van der Waals surface area contributed by atoms with Crippen molar-refractivity contribution in [2.24, 2.45) is 0 Å². The van der Waals surface area contributed by atoms with Crippen LogP contribution in [0, 0.1) is 10.1 Å². The summed E-state index contributed by atoms with van der Waals surface area (Å²) in [6.45, 7) is 0. The van der Waals surface area contributed by atoms with Gasteiger partial charge in [0, 0.05) is 31.9 Å². The van der Waals surface area contributed by atoms with E-state index in [1.165, 1.54) is 34.0 Å². The number of amides is 1. The molecule has 0 spiro atoms. The van der Waals surface area contributed by atoms with Crippen LogP contribution >= 0.6 is 0 Å². The first-order valence-corrected chi connectivity index (χ1v) is 5.95. The molecule has 0 fully saturated rings.